The quantitative estimate of drug-likeness (QED) is 0.756. The van der Waals surface area contributed by atoms with Crippen LogP contribution in [0, 0.1) is 0 Å². The molecule has 1 aromatic rings. The van der Waals surface area contributed by atoms with Gasteiger partial charge in [-0.05, 0) is 18.2 Å². The van der Waals surface area contributed by atoms with E-state index in [0.29, 0.717) is 36.0 Å². The fourth-order valence-corrected chi connectivity index (χ4v) is 4.78. The van der Waals surface area contributed by atoms with Crippen molar-refractivity contribution >= 4 is 29.5 Å². The second kappa shape index (κ2) is 6.25. The van der Waals surface area contributed by atoms with Gasteiger partial charge in [-0.25, -0.2) is 0 Å². The van der Waals surface area contributed by atoms with Gasteiger partial charge in [0, 0.05) is 24.4 Å². The molecule has 8 heteroatoms. The summed E-state index contributed by atoms with van der Waals surface area (Å²) in [6.07, 6.45) is 0. The number of hydrogen-bond donors (Lipinski definition) is 0. The topological polar surface area (TPSA) is 70.2 Å². The van der Waals surface area contributed by atoms with Gasteiger partial charge in [0.2, 0.25) is 11.8 Å². The molecule has 0 aliphatic carbocycles. The van der Waals surface area contributed by atoms with E-state index in [1.807, 2.05) is 0 Å². The van der Waals surface area contributed by atoms with Crippen molar-refractivity contribution in [2.24, 2.45) is 0 Å². The van der Waals surface area contributed by atoms with Crippen molar-refractivity contribution in [3.8, 4) is 5.75 Å². The zero-order valence-electron chi connectivity index (χ0n) is 13.9. The Morgan fingerprint density at radius 1 is 1.16 bits per heavy atom. The van der Waals surface area contributed by atoms with Crippen LogP contribution < -0.4 is 4.74 Å². The van der Waals surface area contributed by atoms with Crippen molar-refractivity contribution in [1.82, 2.24) is 14.7 Å². The van der Waals surface area contributed by atoms with Crippen LogP contribution in [0.4, 0.5) is 0 Å². The Balaban J connectivity index is 1.54. The zero-order valence-corrected chi connectivity index (χ0v) is 14.7. The van der Waals surface area contributed by atoms with E-state index >= 15 is 0 Å². The van der Waals surface area contributed by atoms with Gasteiger partial charge in [-0.3, -0.25) is 14.4 Å². The van der Waals surface area contributed by atoms with Gasteiger partial charge in [0.15, 0.2) is 0 Å². The second-order valence-electron chi connectivity index (χ2n) is 6.35. The molecule has 7 nitrogen and oxygen atoms in total. The highest BCUT2D eigenvalue weighted by molar-refractivity contribution is 7.99. The highest BCUT2D eigenvalue weighted by atomic mass is 32.2. The van der Waals surface area contributed by atoms with Crippen LogP contribution in [-0.2, 0) is 9.59 Å². The Labute approximate surface area is 149 Å². The van der Waals surface area contributed by atoms with E-state index in [-0.39, 0.29) is 30.3 Å². The van der Waals surface area contributed by atoms with E-state index in [4.69, 9.17) is 4.74 Å². The predicted octanol–water partition coefficient (Wildman–Crippen LogP) is 0.263. The molecule has 0 N–H and O–H groups in total. The summed E-state index contributed by atoms with van der Waals surface area (Å²) in [5, 5.41) is 0. The molecule has 0 spiro atoms. The summed E-state index contributed by atoms with van der Waals surface area (Å²) in [4.78, 5) is 43.1. The van der Waals surface area contributed by atoms with Crippen LogP contribution in [0.2, 0.25) is 0 Å². The summed E-state index contributed by atoms with van der Waals surface area (Å²) in [6.45, 7) is 1.08. The number of rotatable bonds is 2. The maximum atomic E-state index is 12.8. The van der Waals surface area contributed by atoms with E-state index in [1.165, 1.54) is 0 Å². The highest BCUT2D eigenvalue weighted by Crippen LogP contribution is 2.30. The summed E-state index contributed by atoms with van der Waals surface area (Å²) in [6, 6.07) is 6.08. The molecule has 0 unspecified atom stereocenters. The van der Waals surface area contributed by atoms with E-state index in [2.05, 4.69) is 0 Å². The van der Waals surface area contributed by atoms with Crippen LogP contribution in [0.25, 0.3) is 0 Å². The van der Waals surface area contributed by atoms with Crippen molar-refractivity contribution in [1.29, 1.82) is 0 Å². The van der Waals surface area contributed by atoms with Crippen molar-refractivity contribution in [3.63, 3.8) is 0 Å². The van der Waals surface area contributed by atoms with Crippen LogP contribution in [0.15, 0.2) is 24.3 Å². The number of carbonyl (C=O) groups is 3. The average molecular weight is 361 g/mol. The summed E-state index contributed by atoms with van der Waals surface area (Å²) >= 11 is 1.60. The fraction of sp³-hybridized carbons (Fsp3) is 0.471. The number of hydrogen-bond acceptors (Lipinski definition) is 5. The number of fused-ring (bicyclic) bond motifs is 2. The van der Waals surface area contributed by atoms with Crippen LogP contribution in [-0.4, -0.2) is 82.9 Å². The average Bonchev–Trinajstić information content (AvgIpc) is 3.15. The lowest BCUT2D eigenvalue weighted by atomic mass is 10.0. The minimum absolute atomic E-state index is 0.0167. The van der Waals surface area contributed by atoms with Crippen molar-refractivity contribution in [3.05, 3.63) is 29.8 Å². The molecule has 3 aliphatic heterocycles. The molecule has 3 heterocycles. The summed E-state index contributed by atoms with van der Waals surface area (Å²) in [7, 11) is 1.55. The van der Waals surface area contributed by atoms with Gasteiger partial charge in [0.1, 0.15) is 17.8 Å². The minimum Gasteiger partial charge on any atom is -0.497 e. The molecule has 2 atom stereocenters. The second-order valence-corrected chi connectivity index (χ2v) is 7.35. The van der Waals surface area contributed by atoms with Crippen molar-refractivity contribution in [2.75, 3.05) is 38.4 Å². The molecule has 0 saturated carbocycles. The molecule has 3 fully saturated rings. The summed E-state index contributed by atoms with van der Waals surface area (Å²) in [5.74, 6) is 1.67. The molecule has 3 aliphatic rings. The summed E-state index contributed by atoms with van der Waals surface area (Å²) < 4.78 is 5.17. The lowest BCUT2D eigenvalue weighted by Gasteiger charge is -2.47. The molecule has 0 bridgehead atoms. The Hall–Kier alpha value is -2.22. The molecule has 0 radical (unpaired) electrons. The largest absolute Gasteiger partial charge is 0.497 e. The van der Waals surface area contributed by atoms with E-state index in [9.17, 15) is 14.4 Å². The number of carbonyl (C=O) groups excluding carboxylic acids is 3. The number of thioether (sulfide) groups is 1. The van der Waals surface area contributed by atoms with E-state index in [1.54, 1.807) is 57.8 Å². The number of ether oxygens (including phenoxy) is 1. The van der Waals surface area contributed by atoms with Crippen molar-refractivity contribution < 1.29 is 19.1 Å². The van der Waals surface area contributed by atoms with Crippen LogP contribution in [0.5, 0.6) is 5.75 Å². The van der Waals surface area contributed by atoms with Crippen LogP contribution >= 0.6 is 11.8 Å². The maximum Gasteiger partial charge on any atom is 0.254 e. The Morgan fingerprint density at radius 3 is 2.76 bits per heavy atom. The number of piperazine rings is 2. The standard InChI is InChI=1S/C17H19N3O4S/c1-24-12-4-2-3-11(7-12)15(21)18-5-6-19-13(8-18)16(22)20-10-25-9-14(20)17(19)23/h2-4,7,13-14H,5-6,8-10H2,1H3/t13-,14+/m1/s1. The van der Waals surface area contributed by atoms with Gasteiger partial charge in [-0.2, -0.15) is 0 Å². The summed E-state index contributed by atoms with van der Waals surface area (Å²) in [5.41, 5.74) is 0.525. The first-order chi connectivity index (χ1) is 12.1. The van der Waals surface area contributed by atoms with Gasteiger partial charge in [0.25, 0.3) is 5.91 Å². The first kappa shape index (κ1) is 16.3. The van der Waals surface area contributed by atoms with Gasteiger partial charge in [-0.1, -0.05) is 6.07 Å². The Kier molecular flexibility index (Phi) is 4.07. The molecule has 25 heavy (non-hydrogen) atoms. The van der Waals surface area contributed by atoms with E-state index < -0.39 is 6.04 Å². The first-order valence-electron chi connectivity index (χ1n) is 8.22. The highest BCUT2D eigenvalue weighted by Gasteiger charge is 2.50. The third-order valence-corrected chi connectivity index (χ3v) is 6.02. The predicted molar refractivity (Wildman–Crippen MR) is 92.4 cm³/mol. The number of benzene rings is 1. The Bertz CT molecular complexity index is 740. The molecule has 4 rings (SSSR count). The first-order valence-corrected chi connectivity index (χ1v) is 9.37. The molecule has 132 valence electrons. The van der Waals surface area contributed by atoms with Gasteiger partial charge in [-0.15, -0.1) is 11.8 Å². The van der Waals surface area contributed by atoms with Crippen LogP contribution in [0.3, 0.4) is 0 Å². The third-order valence-electron chi connectivity index (χ3n) is 5.00. The lowest BCUT2D eigenvalue weighted by Crippen LogP contribution is -2.69. The number of methoxy groups -OCH3 is 1. The zero-order chi connectivity index (χ0) is 17.6. The SMILES string of the molecule is COc1cccc(C(=O)N2CCN3C(=O)[C@@H]4CSCN4C(=O)[C@H]3C2)c1. The van der Waals surface area contributed by atoms with Gasteiger partial charge < -0.3 is 19.4 Å². The monoisotopic (exact) mass is 361 g/mol. The van der Waals surface area contributed by atoms with E-state index in [0.717, 1.165) is 0 Å². The minimum atomic E-state index is -0.564. The fourth-order valence-electron chi connectivity index (χ4n) is 3.63. The normalized spacial score (nSPS) is 25.7. The third kappa shape index (κ3) is 2.64. The van der Waals surface area contributed by atoms with Gasteiger partial charge in [0.05, 0.1) is 19.5 Å². The number of nitrogens with zero attached hydrogens (tertiary/aromatic N) is 3. The van der Waals surface area contributed by atoms with Crippen molar-refractivity contribution in [2.45, 2.75) is 12.1 Å². The van der Waals surface area contributed by atoms with Crippen LogP contribution in [0.1, 0.15) is 10.4 Å². The molecule has 3 saturated heterocycles. The molecular formula is C17H19N3O4S. The smallest absolute Gasteiger partial charge is 0.254 e. The molecule has 1 aromatic carbocycles. The molecule has 0 aromatic heterocycles. The van der Waals surface area contributed by atoms with Gasteiger partial charge >= 0.3 is 0 Å². The lowest BCUT2D eigenvalue weighted by molar-refractivity contribution is -0.161. The Morgan fingerprint density at radius 2 is 1.96 bits per heavy atom. The number of amides is 3. The molecule has 3 amide bonds. The maximum absolute atomic E-state index is 12.8. The molecular weight excluding hydrogens is 342 g/mol.